The van der Waals surface area contributed by atoms with Crippen LogP contribution in [0.25, 0.3) is 0 Å². The zero-order chi connectivity index (χ0) is 14.9. The van der Waals surface area contributed by atoms with Crippen LogP contribution in [-0.4, -0.2) is 33.2 Å². The second kappa shape index (κ2) is 5.44. The molecule has 1 aliphatic heterocycles. The number of anilines is 1. The molecule has 0 aromatic heterocycles. The van der Waals surface area contributed by atoms with E-state index in [0.717, 1.165) is 12.0 Å². The van der Waals surface area contributed by atoms with E-state index in [-0.39, 0.29) is 11.9 Å². The quantitative estimate of drug-likeness (QED) is 0.916. The molecule has 0 unspecified atom stereocenters. The molecule has 5 nitrogen and oxygen atoms in total. The van der Waals surface area contributed by atoms with Crippen LogP contribution in [0.2, 0.25) is 0 Å². The predicted molar refractivity (Wildman–Crippen MR) is 79.6 cm³/mol. The Balaban J connectivity index is 2.31. The molecule has 6 heteroatoms. The minimum Gasteiger partial charge on any atom is -0.352 e. The summed E-state index contributed by atoms with van der Waals surface area (Å²) in [5, 5.41) is 2.82. The minimum absolute atomic E-state index is 0.103. The smallest absolute Gasteiger partial charge is 0.251 e. The van der Waals surface area contributed by atoms with E-state index in [2.05, 4.69) is 5.32 Å². The fourth-order valence-electron chi connectivity index (χ4n) is 2.59. The highest BCUT2D eigenvalue weighted by atomic mass is 32.2. The lowest BCUT2D eigenvalue weighted by Gasteiger charge is -2.21. The molecule has 0 fully saturated rings. The van der Waals surface area contributed by atoms with Gasteiger partial charge in [0, 0.05) is 18.2 Å². The third kappa shape index (κ3) is 2.80. The first kappa shape index (κ1) is 14.8. The Kier molecular flexibility index (Phi) is 4.04. The monoisotopic (exact) mass is 296 g/mol. The first-order valence-electron chi connectivity index (χ1n) is 6.75. The maximum Gasteiger partial charge on any atom is 0.251 e. The summed E-state index contributed by atoms with van der Waals surface area (Å²) < 4.78 is 25.1. The zero-order valence-corrected chi connectivity index (χ0v) is 12.8. The van der Waals surface area contributed by atoms with Crippen molar-refractivity contribution in [2.75, 3.05) is 17.1 Å². The highest BCUT2D eigenvalue weighted by Crippen LogP contribution is 2.34. The van der Waals surface area contributed by atoms with Gasteiger partial charge in [-0.15, -0.1) is 0 Å². The molecule has 1 aliphatic rings. The summed E-state index contributed by atoms with van der Waals surface area (Å²) in [6, 6.07) is 5.09. The standard InChI is InChI=1S/C14H20N2O3S/c1-4-7-15-14(17)11-5-6-13-12(9-11)8-10(2)16(13)20(3,18)19/h5-6,9-10H,4,7-8H2,1-3H3,(H,15,17)/t10-/m1/s1. The van der Waals surface area contributed by atoms with Gasteiger partial charge in [0.2, 0.25) is 10.0 Å². The third-order valence-electron chi connectivity index (χ3n) is 3.39. The molecule has 0 saturated carbocycles. The van der Waals surface area contributed by atoms with Gasteiger partial charge in [0.05, 0.1) is 11.9 Å². The second-order valence-corrected chi connectivity index (χ2v) is 7.07. The number of benzene rings is 1. The fraction of sp³-hybridized carbons (Fsp3) is 0.500. The number of fused-ring (bicyclic) bond motifs is 1. The van der Waals surface area contributed by atoms with Crippen molar-refractivity contribution in [2.24, 2.45) is 0 Å². The first-order valence-corrected chi connectivity index (χ1v) is 8.60. The van der Waals surface area contributed by atoms with E-state index < -0.39 is 10.0 Å². The first-order chi connectivity index (χ1) is 9.34. The summed E-state index contributed by atoms with van der Waals surface area (Å²) in [5.74, 6) is -0.111. The molecule has 1 heterocycles. The normalized spacial score (nSPS) is 17.9. The Morgan fingerprint density at radius 2 is 2.15 bits per heavy atom. The van der Waals surface area contributed by atoms with Crippen molar-refractivity contribution >= 4 is 21.6 Å². The molecule has 1 N–H and O–H groups in total. The van der Waals surface area contributed by atoms with Gasteiger partial charge in [-0.1, -0.05) is 6.92 Å². The molecular formula is C14H20N2O3S. The molecule has 1 aromatic rings. The van der Waals surface area contributed by atoms with Gasteiger partial charge < -0.3 is 5.32 Å². The number of rotatable bonds is 4. The molecule has 0 aliphatic carbocycles. The van der Waals surface area contributed by atoms with Gasteiger partial charge in [0.15, 0.2) is 0 Å². The van der Waals surface area contributed by atoms with Gasteiger partial charge in [-0.2, -0.15) is 0 Å². The molecule has 110 valence electrons. The predicted octanol–water partition coefficient (Wildman–Crippen LogP) is 1.54. The van der Waals surface area contributed by atoms with Crippen LogP contribution in [0.15, 0.2) is 18.2 Å². The lowest BCUT2D eigenvalue weighted by atomic mass is 10.1. The molecule has 0 radical (unpaired) electrons. The highest BCUT2D eigenvalue weighted by molar-refractivity contribution is 7.92. The van der Waals surface area contributed by atoms with E-state index >= 15 is 0 Å². The fourth-order valence-corrected chi connectivity index (χ4v) is 3.85. The number of hydrogen-bond donors (Lipinski definition) is 1. The molecule has 1 amide bonds. The molecule has 2 rings (SSSR count). The summed E-state index contributed by atoms with van der Waals surface area (Å²) >= 11 is 0. The Hall–Kier alpha value is -1.56. The number of nitrogens with zero attached hydrogens (tertiary/aromatic N) is 1. The van der Waals surface area contributed by atoms with Gasteiger partial charge in [-0.05, 0) is 43.5 Å². The number of carbonyl (C=O) groups is 1. The minimum atomic E-state index is -3.28. The highest BCUT2D eigenvalue weighted by Gasteiger charge is 2.32. The Labute approximate surface area is 120 Å². The number of hydrogen-bond acceptors (Lipinski definition) is 3. The number of sulfonamides is 1. The summed E-state index contributed by atoms with van der Waals surface area (Å²) in [5.41, 5.74) is 2.18. The van der Waals surface area contributed by atoms with Crippen molar-refractivity contribution in [3.05, 3.63) is 29.3 Å². The molecule has 1 aromatic carbocycles. The van der Waals surface area contributed by atoms with Crippen LogP contribution >= 0.6 is 0 Å². The molecule has 20 heavy (non-hydrogen) atoms. The van der Waals surface area contributed by atoms with Crippen molar-refractivity contribution in [1.82, 2.24) is 5.32 Å². The average molecular weight is 296 g/mol. The van der Waals surface area contributed by atoms with Crippen molar-refractivity contribution < 1.29 is 13.2 Å². The van der Waals surface area contributed by atoms with Gasteiger partial charge in [0.25, 0.3) is 5.91 Å². The van der Waals surface area contributed by atoms with Gasteiger partial charge in [0.1, 0.15) is 0 Å². The lowest BCUT2D eigenvalue weighted by molar-refractivity contribution is 0.0953. The van der Waals surface area contributed by atoms with Gasteiger partial charge >= 0.3 is 0 Å². The van der Waals surface area contributed by atoms with E-state index in [9.17, 15) is 13.2 Å². The zero-order valence-electron chi connectivity index (χ0n) is 12.0. The van der Waals surface area contributed by atoms with E-state index in [4.69, 9.17) is 0 Å². The van der Waals surface area contributed by atoms with Crippen LogP contribution in [0, 0.1) is 0 Å². The van der Waals surface area contributed by atoms with Crippen LogP contribution in [0.5, 0.6) is 0 Å². The Bertz CT molecular complexity index is 625. The topological polar surface area (TPSA) is 66.5 Å². The second-order valence-electron chi connectivity index (χ2n) is 5.21. The summed E-state index contributed by atoms with van der Waals surface area (Å²) in [6.45, 7) is 4.51. The average Bonchev–Trinajstić information content (AvgIpc) is 2.70. The number of carbonyl (C=O) groups excluding carboxylic acids is 1. The largest absolute Gasteiger partial charge is 0.352 e. The molecule has 0 bridgehead atoms. The van der Waals surface area contributed by atoms with Crippen molar-refractivity contribution in [2.45, 2.75) is 32.7 Å². The van der Waals surface area contributed by atoms with E-state index in [0.29, 0.717) is 24.2 Å². The van der Waals surface area contributed by atoms with Crippen LogP contribution in [0.1, 0.15) is 36.2 Å². The molecule has 0 spiro atoms. The van der Waals surface area contributed by atoms with E-state index in [1.807, 2.05) is 13.8 Å². The lowest BCUT2D eigenvalue weighted by Crippen LogP contribution is -2.34. The van der Waals surface area contributed by atoms with E-state index in [1.165, 1.54) is 10.6 Å². The van der Waals surface area contributed by atoms with Crippen molar-refractivity contribution in [1.29, 1.82) is 0 Å². The number of nitrogens with one attached hydrogen (secondary N) is 1. The van der Waals surface area contributed by atoms with E-state index in [1.54, 1.807) is 18.2 Å². The Morgan fingerprint density at radius 3 is 2.75 bits per heavy atom. The van der Waals surface area contributed by atoms with Crippen molar-refractivity contribution in [3.63, 3.8) is 0 Å². The molecular weight excluding hydrogens is 276 g/mol. The Morgan fingerprint density at radius 1 is 1.45 bits per heavy atom. The summed E-state index contributed by atoms with van der Waals surface area (Å²) in [6.07, 6.45) is 2.73. The maximum absolute atomic E-state index is 11.9. The summed E-state index contributed by atoms with van der Waals surface area (Å²) in [4.78, 5) is 11.9. The van der Waals surface area contributed by atoms with Gasteiger partial charge in [-0.3, -0.25) is 9.10 Å². The van der Waals surface area contributed by atoms with Crippen LogP contribution in [0.4, 0.5) is 5.69 Å². The number of amides is 1. The summed E-state index contributed by atoms with van der Waals surface area (Å²) in [7, 11) is -3.28. The molecule has 0 saturated heterocycles. The van der Waals surface area contributed by atoms with Crippen LogP contribution in [-0.2, 0) is 16.4 Å². The van der Waals surface area contributed by atoms with Crippen LogP contribution < -0.4 is 9.62 Å². The molecule has 1 atom stereocenters. The van der Waals surface area contributed by atoms with Gasteiger partial charge in [-0.25, -0.2) is 8.42 Å². The van der Waals surface area contributed by atoms with Crippen molar-refractivity contribution in [3.8, 4) is 0 Å². The third-order valence-corrected chi connectivity index (χ3v) is 4.66. The SMILES string of the molecule is CCCNC(=O)c1ccc2c(c1)C[C@@H](C)N2S(C)(=O)=O. The van der Waals surface area contributed by atoms with Crippen LogP contribution in [0.3, 0.4) is 0 Å². The maximum atomic E-state index is 11.9.